The molecule has 0 saturated carbocycles. The Hall–Kier alpha value is -0.0400. The molecule has 0 aliphatic rings. The topological polar surface area (TPSA) is 3.24 Å². The summed E-state index contributed by atoms with van der Waals surface area (Å²) in [5, 5.41) is 0. The molecule has 0 rings (SSSR count). The Kier molecular flexibility index (Phi) is 22.2. The Morgan fingerprint density at radius 2 is 0.778 bits per heavy atom. The van der Waals surface area contributed by atoms with E-state index in [-0.39, 0.29) is 0 Å². The number of rotatable bonds is 22. The minimum atomic E-state index is 0.893. The number of unbranched alkanes of at least 4 members (excludes halogenated alkanes) is 14. The first-order valence-corrected chi connectivity index (χ1v) is 12.9. The molecule has 0 heterocycles. The molecule has 1 nitrogen and oxygen atoms in total. The molecule has 0 spiro atoms. The van der Waals surface area contributed by atoms with Gasteiger partial charge in [-0.25, -0.2) is 0 Å². The predicted octanol–water partition coefficient (Wildman–Crippen LogP) is 9.01. The first-order valence-electron chi connectivity index (χ1n) is 12.9. The summed E-state index contributed by atoms with van der Waals surface area (Å²) in [5.74, 6) is 0.893. The van der Waals surface area contributed by atoms with Gasteiger partial charge in [0.25, 0.3) is 0 Å². The average molecular weight is 382 g/mol. The van der Waals surface area contributed by atoms with Gasteiger partial charge in [0.05, 0.1) is 0 Å². The van der Waals surface area contributed by atoms with Crippen molar-refractivity contribution in [2.75, 3.05) is 19.6 Å². The van der Waals surface area contributed by atoms with Crippen LogP contribution in [0.25, 0.3) is 0 Å². The van der Waals surface area contributed by atoms with Crippen molar-refractivity contribution in [2.45, 2.75) is 143 Å². The lowest BCUT2D eigenvalue weighted by molar-refractivity contribution is 0.255. The number of hydrogen-bond donors (Lipinski definition) is 0. The van der Waals surface area contributed by atoms with Crippen molar-refractivity contribution in [3.05, 3.63) is 0 Å². The summed E-state index contributed by atoms with van der Waals surface area (Å²) in [6.45, 7) is 13.3. The second-order valence-electron chi connectivity index (χ2n) is 9.33. The van der Waals surface area contributed by atoms with Gasteiger partial charge in [0.1, 0.15) is 0 Å². The van der Waals surface area contributed by atoms with E-state index in [0.717, 1.165) is 5.92 Å². The third-order valence-electron chi connectivity index (χ3n) is 5.91. The van der Waals surface area contributed by atoms with Gasteiger partial charge < -0.3 is 4.90 Å². The van der Waals surface area contributed by atoms with Crippen molar-refractivity contribution in [3.8, 4) is 0 Å². The SMILES string of the molecule is CCCCCN(CCCCC)CCCCCCCCCCCCCC(C)C. The maximum Gasteiger partial charge on any atom is -0.00187 e. The zero-order valence-electron chi connectivity index (χ0n) is 19.9. The summed E-state index contributed by atoms with van der Waals surface area (Å²) in [4.78, 5) is 2.75. The average Bonchev–Trinajstić information content (AvgIpc) is 2.65. The molecule has 0 aromatic heterocycles. The second kappa shape index (κ2) is 22.3. The lowest BCUT2D eigenvalue weighted by Gasteiger charge is -2.22. The van der Waals surface area contributed by atoms with Gasteiger partial charge in [-0.15, -0.1) is 0 Å². The third-order valence-corrected chi connectivity index (χ3v) is 5.91. The van der Waals surface area contributed by atoms with Gasteiger partial charge in [0.15, 0.2) is 0 Å². The molecule has 164 valence electrons. The Morgan fingerprint density at radius 3 is 1.15 bits per heavy atom. The van der Waals surface area contributed by atoms with Gasteiger partial charge in [-0.2, -0.15) is 0 Å². The molecule has 0 aliphatic carbocycles. The molecule has 0 aliphatic heterocycles. The molecule has 1 heteroatoms. The number of hydrogen-bond acceptors (Lipinski definition) is 1. The zero-order valence-corrected chi connectivity index (χ0v) is 19.9. The quantitative estimate of drug-likeness (QED) is 0.169. The van der Waals surface area contributed by atoms with Crippen LogP contribution in [0.2, 0.25) is 0 Å². The van der Waals surface area contributed by atoms with Crippen LogP contribution in [0.1, 0.15) is 143 Å². The lowest BCUT2D eigenvalue weighted by Crippen LogP contribution is -2.27. The van der Waals surface area contributed by atoms with Crippen LogP contribution in [0, 0.1) is 5.92 Å². The molecule has 0 aromatic rings. The first kappa shape index (κ1) is 27.0. The summed E-state index contributed by atoms with van der Waals surface area (Å²) in [7, 11) is 0. The molecule has 0 aromatic carbocycles. The third kappa shape index (κ3) is 22.1. The minimum absolute atomic E-state index is 0.893. The maximum atomic E-state index is 2.75. The van der Waals surface area contributed by atoms with Crippen LogP contribution < -0.4 is 0 Å². The van der Waals surface area contributed by atoms with E-state index >= 15 is 0 Å². The fraction of sp³-hybridized carbons (Fsp3) is 1.00. The largest absolute Gasteiger partial charge is 0.303 e. The van der Waals surface area contributed by atoms with Crippen molar-refractivity contribution in [3.63, 3.8) is 0 Å². The maximum absolute atomic E-state index is 2.75. The predicted molar refractivity (Wildman–Crippen MR) is 126 cm³/mol. The first-order chi connectivity index (χ1) is 13.2. The van der Waals surface area contributed by atoms with Crippen molar-refractivity contribution in [1.29, 1.82) is 0 Å². The standard InChI is InChI=1S/C26H55N/c1-5-7-19-23-27(24-20-8-6-2)25-21-17-15-13-11-9-10-12-14-16-18-22-26(3)4/h26H,5-25H2,1-4H3. The van der Waals surface area contributed by atoms with E-state index in [1.807, 2.05) is 0 Å². The highest BCUT2D eigenvalue weighted by Gasteiger charge is 2.04. The fourth-order valence-electron chi connectivity index (χ4n) is 3.99. The molecule has 0 atom stereocenters. The van der Waals surface area contributed by atoms with Crippen LogP contribution in [-0.4, -0.2) is 24.5 Å². The Bertz CT molecular complexity index is 251. The van der Waals surface area contributed by atoms with Gasteiger partial charge in [0, 0.05) is 0 Å². The summed E-state index contributed by atoms with van der Waals surface area (Å²) < 4.78 is 0. The van der Waals surface area contributed by atoms with Gasteiger partial charge >= 0.3 is 0 Å². The molecule has 0 fully saturated rings. The van der Waals surface area contributed by atoms with Gasteiger partial charge in [-0.1, -0.05) is 124 Å². The minimum Gasteiger partial charge on any atom is -0.303 e. The molecule has 27 heavy (non-hydrogen) atoms. The van der Waals surface area contributed by atoms with E-state index < -0.39 is 0 Å². The fourth-order valence-corrected chi connectivity index (χ4v) is 3.99. The Labute approximate surface area is 174 Å². The molecule has 0 bridgehead atoms. The smallest absolute Gasteiger partial charge is 0.00187 e. The van der Waals surface area contributed by atoms with E-state index in [2.05, 4.69) is 32.6 Å². The van der Waals surface area contributed by atoms with E-state index in [1.54, 1.807) is 0 Å². The molecular formula is C26H55N. The van der Waals surface area contributed by atoms with Crippen LogP contribution in [0.3, 0.4) is 0 Å². The monoisotopic (exact) mass is 381 g/mol. The van der Waals surface area contributed by atoms with Crippen LogP contribution in [0.15, 0.2) is 0 Å². The number of nitrogens with zero attached hydrogens (tertiary/aromatic N) is 1. The van der Waals surface area contributed by atoms with Crippen molar-refractivity contribution in [1.82, 2.24) is 4.90 Å². The molecule has 0 N–H and O–H groups in total. The van der Waals surface area contributed by atoms with Crippen molar-refractivity contribution < 1.29 is 0 Å². The summed E-state index contributed by atoms with van der Waals surface area (Å²) in [6, 6.07) is 0. The van der Waals surface area contributed by atoms with Gasteiger partial charge in [-0.3, -0.25) is 0 Å². The summed E-state index contributed by atoms with van der Waals surface area (Å²) in [5.41, 5.74) is 0. The highest BCUT2D eigenvalue weighted by Crippen LogP contribution is 2.14. The summed E-state index contributed by atoms with van der Waals surface area (Å²) in [6.07, 6.45) is 25.8. The van der Waals surface area contributed by atoms with Gasteiger partial charge in [-0.05, 0) is 44.8 Å². The van der Waals surface area contributed by atoms with E-state index in [9.17, 15) is 0 Å². The van der Waals surface area contributed by atoms with E-state index in [0.29, 0.717) is 0 Å². The molecule has 0 radical (unpaired) electrons. The highest BCUT2D eigenvalue weighted by molar-refractivity contribution is 4.59. The Morgan fingerprint density at radius 1 is 0.444 bits per heavy atom. The van der Waals surface area contributed by atoms with Crippen LogP contribution >= 0.6 is 0 Å². The molecule has 0 saturated heterocycles. The second-order valence-corrected chi connectivity index (χ2v) is 9.33. The lowest BCUT2D eigenvalue weighted by atomic mass is 10.0. The Balaban J connectivity index is 3.42. The van der Waals surface area contributed by atoms with Crippen LogP contribution in [0.4, 0.5) is 0 Å². The zero-order chi connectivity index (χ0) is 20.0. The molecular weight excluding hydrogens is 326 g/mol. The summed E-state index contributed by atoms with van der Waals surface area (Å²) >= 11 is 0. The highest BCUT2D eigenvalue weighted by atomic mass is 15.1. The van der Waals surface area contributed by atoms with Gasteiger partial charge in [0.2, 0.25) is 0 Å². The molecule has 0 amide bonds. The van der Waals surface area contributed by atoms with Crippen molar-refractivity contribution in [2.24, 2.45) is 5.92 Å². The normalized spacial score (nSPS) is 11.8. The van der Waals surface area contributed by atoms with E-state index in [1.165, 1.54) is 135 Å². The van der Waals surface area contributed by atoms with E-state index in [4.69, 9.17) is 0 Å². The molecule has 0 unspecified atom stereocenters. The van der Waals surface area contributed by atoms with Crippen LogP contribution in [-0.2, 0) is 0 Å². The van der Waals surface area contributed by atoms with Crippen molar-refractivity contribution >= 4 is 0 Å². The van der Waals surface area contributed by atoms with Crippen LogP contribution in [0.5, 0.6) is 0 Å².